The number of carbonyl (C=O) groups excluding carboxylic acids is 4. The molecule has 8 heteroatoms. The van der Waals surface area contributed by atoms with Crippen molar-refractivity contribution in [1.29, 1.82) is 0 Å². The third-order valence-electron chi connectivity index (χ3n) is 9.61. The van der Waals surface area contributed by atoms with Crippen LogP contribution in [0.5, 0.6) is 0 Å². The molecule has 1 amide bonds. The zero-order valence-corrected chi connectivity index (χ0v) is 20.9. The Kier molecular flexibility index (Phi) is 5.28. The number of amides is 1. The average Bonchev–Trinajstić information content (AvgIpc) is 3.35. The van der Waals surface area contributed by atoms with E-state index in [2.05, 4.69) is 5.32 Å². The van der Waals surface area contributed by atoms with Gasteiger partial charge in [-0.25, -0.2) is 0 Å². The van der Waals surface area contributed by atoms with Gasteiger partial charge in [0.15, 0.2) is 0 Å². The number of hydrogen-bond acceptors (Lipinski definition) is 7. The summed E-state index contributed by atoms with van der Waals surface area (Å²) >= 11 is 0. The van der Waals surface area contributed by atoms with Gasteiger partial charge >= 0.3 is 17.9 Å². The molecule has 1 N–H and O–H groups in total. The minimum absolute atomic E-state index is 0.0615. The molecule has 6 atom stereocenters. The third-order valence-corrected chi connectivity index (χ3v) is 9.61. The molecule has 7 rings (SSSR count). The maximum Gasteiger partial charge on any atom is 0.312 e. The molecule has 7 fully saturated rings. The van der Waals surface area contributed by atoms with E-state index >= 15 is 0 Å². The Morgan fingerprint density at radius 2 is 1.63 bits per heavy atom. The summed E-state index contributed by atoms with van der Waals surface area (Å²) in [4.78, 5) is 51.5. The monoisotopic (exact) mass is 487 g/mol. The zero-order valence-electron chi connectivity index (χ0n) is 20.9. The summed E-state index contributed by atoms with van der Waals surface area (Å²) in [6, 6.07) is 0. The molecule has 0 radical (unpaired) electrons. The van der Waals surface area contributed by atoms with Crippen molar-refractivity contribution < 1.29 is 33.4 Å². The van der Waals surface area contributed by atoms with Crippen LogP contribution in [0.15, 0.2) is 0 Å². The van der Waals surface area contributed by atoms with Crippen LogP contribution in [0.2, 0.25) is 0 Å². The standard InChI is InChI=1S/C27H37NO7/c1-26(2,3)35-18(29)4-5-28-23(30)19-16-9-17-20(19)24(31)33-21(17)22(16)34-25(32)27-10-13-6-14(11-27)8-15(7-13)12-27/h13-17,19-22H,4-12H2,1-3H3,(H,28,30). The molecule has 8 nitrogen and oxygen atoms in total. The number of esters is 3. The predicted molar refractivity (Wildman–Crippen MR) is 122 cm³/mol. The molecule has 1 saturated heterocycles. The predicted octanol–water partition coefficient (Wildman–Crippen LogP) is 2.77. The van der Waals surface area contributed by atoms with Crippen molar-refractivity contribution in [2.24, 2.45) is 46.8 Å². The molecule has 0 aromatic rings. The lowest BCUT2D eigenvalue weighted by Crippen LogP contribution is -2.53. The molecule has 6 bridgehead atoms. The molecule has 6 aliphatic carbocycles. The van der Waals surface area contributed by atoms with Gasteiger partial charge in [-0.1, -0.05) is 0 Å². The minimum Gasteiger partial charge on any atom is -0.460 e. The molecule has 1 aliphatic heterocycles. The quantitative estimate of drug-likeness (QED) is 0.453. The fourth-order valence-electron chi connectivity index (χ4n) is 8.91. The third kappa shape index (κ3) is 3.86. The van der Waals surface area contributed by atoms with E-state index < -0.39 is 29.6 Å². The minimum atomic E-state index is -0.584. The molecule has 6 unspecified atom stereocenters. The van der Waals surface area contributed by atoms with E-state index in [0.29, 0.717) is 24.2 Å². The van der Waals surface area contributed by atoms with Crippen molar-refractivity contribution >= 4 is 23.8 Å². The smallest absolute Gasteiger partial charge is 0.312 e. The molecular weight excluding hydrogens is 450 g/mol. The fraction of sp³-hybridized carbons (Fsp3) is 0.852. The van der Waals surface area contributed by atoms with E-state index in [-0.39, 0.29) is 54.0 Å². The van der Waals surface area contributed by atoms with Crippen molar-refractivity contribution in [1.82, 2.24) is 5.32 Å². The Hall–Kier alpha value is -2.12. The molecule has 0 aromatic heterocycles. The van der Waals surface area contributed by atoms with Gasteiger partial charge in [0.2, 0.25) is 5.91 Å². The summed E-state index contributed by atoms with van der Waals surface area (Å²) in [5.41, 5.74) is -0.966. The largest absolute Gasteiger partial charge is 0.460 e. The van der Waals surface area contributed by atoms with Gasteiger partial charge < -0.3 is 19.5 Å². The highest BCUT2D eigenvalue weighted by atomic mass is 16.6. The van der Waals surface area contributed by atoms with Crippen LogP contribution in [-0.4, -0.2) is 48.2 Å². The summed E-state index contributed by atoms with van der Waals surface area (Å²) < 4.78 is 17.2. The number of hydrogen-bond donors (Lipinski definition) is 1. The first-order chi connectivity index (χ1) is 16.5. The topological polar surface area (TPSA) is 108 Å². The van der Waals surface area contributed by atoms with Crippen molar-refractivity contribution in [3.05, 3.63) is 0 Å². The number of ether oxygens (including phenoxy) is 3. The summed E-state index contributed by atoms with van der Waals surface area (Å²) in [6.45, 7) is 5.54. The number of rotatable bonds is 6. The van der Waals surface area contributed by atoms with Crippen molar-refractivity contribution in [3.8, 4) is 0 Å². The van der Waals surface area contributed by atoms with Gasteiger partial charge in [0.25, 0.3) is 0 Å². The lowest BCUT2D eigenvalue weighted by atomic mass is 9.49. The van der Waals surface area contributed by atoms with Crippen molar-refractivity contribution in [3.63, 3.8) is 0 Å². The first-order valence-corrected chi connectivity index (χ1v) is 13.4. The van der Waals surface area contributed by atoms with E-state index in [9.17, 15) is 19.2 Å². The molecule has 7 aliphatic rings. The number of carbonyl (C=O) groups is 4. The highest BCUT2D eigenvalue weighted by Crippen LogP contribution is 2.62. The van der Waals surface area contributed by atoms with Crippen molar-refractivity contribution in [2.75, 3.05) is 6.54 Å². The van der Waals surface area contributed by atoms with Crippen LogP contribution in [-0.2, 0) is 33.4 Å². The van der Waals surface area contributed by atoms with E-state index in [0.717, 1.165) is 19.3 Å². The highest BCUT2D eigenvalue weighted by molar-refractivity contribution is 5.89. The van der Waals surface area contributed by atoms with Gasteiger partial charge in [0.1, 0.15) is 17.8 Å². The Balaban J connectivity index is 1.12. The fourth-order valence-corrected chi connectivity index (χ4v) is 8.91. The second-order valence-corrected chi connectivity index (χ2v) is 13.2. The molecule has 1 heterocycles. The zero-order chi connectivity index (χ0) is 24.7. The van der Waals surface area contributed by atoms with E-state index in [1.54, 1.807) is 20.8 Å². The van der Waals surface area contributed by atoms with Gasteiger partial charge in [-0.2, -0.15) is 0 Å². The SMILES string of the molecule is CC(C)(C)OC(=O)CCNC(=O)C1C2CC3C(OC(=O)C31)C2OC(=O)C12CC3CC(CC(C3)C1)C2. The number of fused-ring (bicyclic) bond motifs is 1. The Bertz CT molecular complexity index is 916. The first-order valence-electron chi connectivity index (χ1n) is 13.4. The van der Waals surface area contributed by atoms with Crippen LogP contribution >= 0.6 is 0 Å². The van der Waals surface area contributed by atoms with Crippen molar-refractivity contribution in [2.45, 2.75) is 89.9 Å². The summed E-state index contributed by atoms with van der Waals surface area (Å²) in [5, 5.41) is 2.82. The van der Waals surface area contributed by atoms with Crippen LogP contribution in [0.3, 0.4) is 0 Å². The van der Waals surface area contributed by atoms with Gasteiger partial charge in [0, 0.05) is 18.4 Å². The molecule has 192 valence electrons. The van der Waals surface area contributed by atoms with E-state index in [1.807, 2.05) is 0 Å². The molecule has 6 saturated carbocycles. The van der Waals surface area contributed by atoms with Gasteiger partial charge in [-0.15, -0.1) is 0 Å². The van der Waals surface area contributed by atoms with Gasteiger partial charge in [0.05, 0.1) is 23.7 Å². The van der Waals surface area contributed by atoms with E-state index in [1.165, 1.54) is 19.3 Å². The van der Waals surface area contributed by atoms with Gasteiger partial charge in [-0.3, -0.25) is 19.2 Å². The number of nitrogens with one attached hydrogen (secondary N) is 1. The first kappa shape index (κ1) is 23.3. The molecule has 0 spiro atoms. The Morgan fingerprint density at radius 1 is 1.00 bits per heavy atom. The molecular formula is C27H37NO7. The molecule has 35 heavy (non-hydrogen) atoms. The molecule has 0 aromatic carbocycles. The highest BCUT2D eigenvalue weighted by Gasteiger charge is 2.70. The maximum atomic E-state index is 13.6. The Morgan fingerprint density at radius 3 is 2.23 bits per heavy atom. The maximum absolute atomic E-state index is 13.6. The Labute approximate surface area is 206 Å². The van der Waals surface area contributed by atoms with Crippen LogP contribution in [0.1, 0.15) is 72.1 Å². The average molecular weight is 488 g/mol. The lowest BCUT2D eigenvalue weighted by molar-refractivity contribution is -0.186. The summed E-state index contributed by atoms with van der Waals surface area (Å²) in [6.07, 6.45) is 6.22. The summed E-state index contributed by atoms with van der Waals surface area (Å²) in [7, 11) is 0. The van der Waals surface area contributed by atoms with Crippen LogP contribution in [0.25, 0.3) is 0 Å². The van der Waals surface area contributed by atoms with Crippen LogP contribution in [0, 0.1) is 46.8 Å². The lowest BCUT2D eigenvalue weighted by Gasteiger charge is -2.55. The summed E-state index contributed by atoms with van der Waals surface area (Å²) in [5.74, 6) is -0.610. The van der Waals surface area contributed by atoms with E-state index in [4.69, 9.17) is 14.2 Å². The second kappa shape index (κ2) is 7.94. The van der Waals surface area contributed by atoms with Gasteiger partial charge in [-0.05, 0) is 83.5 Å². The van der Waals surface area contributed by atoms with Crippen LogP contribution < -0.4 is 5.32 Å². The second-order valence-electron chi connectivity index (χ2n) is 13.2. The normalized spacial score (nSPS) is 44.3. The van der Waals surface area contributed by atoms with Crippen LogP contribution in [0.4, 0.5) is 0 Å².